The smallest absolute Gasteiger partial charge is 0.323 e. The van der Waals surface area contributed by atoms with E-state index >= 15 is 0 Å². The molecule has 0 aliphatic carbocycles. The van der Waals surface area contributed by atoms with E-state index in [1.165, 1.54) is 11.3 Å². The molecular formula is C11H12N4O2S2. The summed E-state index contributed by atoms with van der Waals surface area (Å²) in [7, 11) is 0. The van der Waals surface area contributed by atoms with Crippen LogP contribution in [0.25, 0.3) is 10.6 Å². The van der Waals surface area contributed by atoms with E-state index in [1.807, 2.05) is 16.8 Å². The van der Waals surface area contributed by atoms with Crippen LogP contribution in [0.2, 0.25) is 0 Å². The number of rotatable bonds is 2. The lowest BCUT2D eigenvalue weighted by atomic mass is 10.4. The van der Waals surface area contributed by atoms with E-state index in [9.17, 15) is 4.79 Å². The molecule has 1 aliphatic heterocycles. The van der Waals surface area contributed by atoms with E-state index in [-0.39, 0.29) is 6.03 Å². The number of hydrogen-bond donors (Lipinski definition) is 1. The topological polar surface area (TPSA) is 67.4 Å². The summed E-state index contributed by atoms with van der Waals surface area (Å²) in [5, 5.41) is 16.2. The zero-order valence-corrected chi connectivity index (χ0v) is 11.7. The molecule has 2 amide bonds. The van der Waals surface area contributed by atoms with Crippen LogP contribution in [0.15, 0.2) is 16.8 Å². The van der Waals surface area contributed by atoms with Crippen molar-refractivity contribution in [2.45, 2.75) is 0 Å². The van der Waals surface area contributed by atoms with Crippen molar-refractivity contribution in [3.8, 4) is 10.6 Å². The van der Waals surface area contributed by atoms with Crippen LogP contribution in [0, 0.1) is 0 Å². The highest BCUT2D eigenvalue weighted by Gasteiger charge is 2.18. The van der Waals surface area contributed by atoms with Crippen LogP contribution in [-0.4, -0.2) is 47.4 Å². The second kappa shape index (κ2) is 5.64. The lowest BCUT2D eigenvalue weighted by Crippen LogP contribution is -2.43. The molecule has 2 aromatic rings. The van der Waals surface area contributed by atoms with Crippen LogP contribution in [0.1, 0.15) is 0 Å². The second-order valence-electron chi connectivity index (χ2n) is 3.95. The van der Waals surface area contributed by atoms with Gasteiger partial charge in [-0.2, -0.15) is 11.3 Å². The summed E-state index contributed by atoms with van der Waals surface area (Å²) in [5.41, 5.74) is 1.04. The maximum atomic E-state index is 12.0. The summed E-state index contributed by atoms with van der Waals surface area (Å²) in [4.78, 5) is 13.7. The molecule has 1 fully saturated rings. The van der Waals surface area contributed by atoms with E-state index in [1.54, 1.807) is 16.2 Å². The lowest BCUT2D eigenvalue weighted by Gasteiger charge is -2.26. The predicted molar refractivity (Wildman–Crippen MR) is 74.6 cm³/mol. The molecule has 100 valence electrons. The lowest BCUT2D eigenvalue weighted by molar-refractivity contribution is 0.0564. The fraction of sp³-hybridized carbons (Fsp3) is 0.364. The van der Waals surface area contributed by atoms with Gasteiger partial charge in [0.05, 0.1) is 13.2 Å². The van der Waals surface area contributed by atoms with Crippen molar-refractivity contribution in [3.63, 3.8) is 0 Å². The molecule has 0 unspecified atom stereocenters. The minimum absolute atomic E-state index is 0.142. The molecule has 0 radical (unpaired) electrons. The minimum atomic E-state index is -0.142. The van der Waals surface area contributed by atoms with Crippen molar-refractivity contribution >= 4 is 33.8 Å². The molecule has 3 heterocycles. The fourth-order valence-corrected chi connectivity index (χ4v) is 3.16. The number of urea groups is 1. The van der Waals surface area contributed by atoms with Gasteiger partial charge in [-0.05, 0) is 11.4 Å². The van der Waals surface area contributed by atoms with Gasteiger partial charge in [-0.25, -0.2) is 4.79 Å². The molecule has 8 heteroatoms. The zero-order chi connectivity index (χ0) is 13.1. The third-order valence-corrected chi connectivity index (χ3v) is 4.28. The summed E-state index contributed by atoms with van der Waals surface area (Å²) >= 11 is 2.99. The molecule has 3 rings (SSSR count). The Morgan fingerprint density at radius 1 is 1.37 bits per heavy atom. The predicted octanol–water partition coefficient (Wildman–Crippen LogP) is 2.13. The molecule has 1 N–H and O–H groups in total. The number of nitrogens with one attached hydrogen (secondary N) is 1. The Morgan fingerprint density at radius 2 is 2.21 bits per heavy atom. The van der Waals surface area contributed by atoms with E-state index in [2.05, 4.69) is 15.5 Å². The fourth-order valence-electron chi connectivity index (χ4n) is 1.71. The number of thiophene rings is 1. The molecule has 1 saturated heterocycles. The Kier molecular flexibility index (Phi) is 3.72. The van der Waals surface area contributed by atoms with Crippen LogP contribution in [0.5, 0.6) is 0 Å². The molecule has 0 atom stereocenters. The number of carbonyl (C=O) groups excluding carboxylic acids is 1. The molecule has 0 saturated carbocycles. The first-order chi connectivity index (χ1) is 9.33. The largest absolute Gasteiger partial charge is 0.378 e. The maximum Gasteiger partial charge on any atom is 0.323 e. The van der Waals surface area contributed by atoms with Gasteiger partial charge in [0.1, 0.15) is 5.01 Å². The highest BCUT2D eigenvalue weighted by molar-refractivity contribution is 7.19. The number of carbonyl (C=O) groups is 1. The normalized spacial score (nSPS) is 15.5. The molecule has 19 heavy (non-hydrogen) atoms. The van der Waals surface area contributed by atoms with Gasteiger partial charge in [-0.1, -0.05) is 11.3 Å². The van der Waals surface area contributed by atoms with Crippen molar-refractivity contribution in [3.05, 3.63) is 16.8 Å². The molecule has 0 aromatic carbocycles. The maximum absolute atomic E-state index is 12.0. The highest BCUT2D eigenvalue weighted by Crippen LogP contribution is 2.27. The van der Waals surface area contributed by atoms with Gasteiger partial charge < -0.3 is 9.64 Å². The standard InChI is InChI=1S/C11H12N4O2S2/c16-11(15-2-4-17-5-3-15)12-10-14-13-9(19-10)8-1-6-18-7-8/h1,6-7H,2-5H2,(H,12,14,16). The van der Waals surface area contributed by atoms with Gasteiger partial charge >= 0.3 is 6.03 Å². The summed E-state index contributed by atoms with van der Waals surface area (Å²) in [6, 6.07) is 1.84. The second-order valence-corrected chi connectivity index (χ2v) is 5.71. The van der Waals surface area contributed by atoms with Crippen molar-refractivity contribution in [1.82, 2.24) is 15.1 Å². The zero-order valence-electron chi connectivity index (χ0n) is 10.0. The molecule has 6 nitrogen and oxygen atoms in total. The number of morpholine rings is 1. The SMILES string of the molecule is O=C(Nc1nnc(-c2ccsc2)s1)N1CCOCC1. The number of hydrogen-bond acceptors (Lipinski definition) is 6. The number of nitrogens with zero attached hydrogens (tertiary/aromatic N) is 3. The first-order valence-electron chi connectivity index (χ1n) is 5.83. The van der Waals surface area contributed by atoms with Gasteiger partial charge in [0.15, 0.2) is 0 Å². The van der Waals surface area contributed by atoms with Gasteiger partial charge in [0, 0.05) is 24.0 Å². The summed E-state index contributed by atoms with van der Waals surface area (Å²) < 4.78 is 5.21. The van der Waals surface area contributed by atoms with Crippen LogP contribution in [0.4, 0.5) is 9.93 Å². The third-order valence-electron chi connectivity index (χ3n) is 2.71. The summed E-state index contributed by atoms with van der Waals surface area (Å²) in [6.45, 7) is 2.40. The van der Waals surface area contributed by atoms with Crippen molar-refractivity contribution in [1.29, 1.82) is 0 Å². The molecular weight excluding hydrogens is 284 g/mol. The van der Waals surface area contributed by atoms with E-state index in [0.29, 0.717) is 31.4 Å². The Hall–Kier alpha value is -1.51. The average molecular weight is 296 g/mol. The summed E-state index contributed by atoms with van der Waals surface area (Å²) in [5.74, 6) is 0. The Balaban J connectivity index is 1.65. The third kappa shape index (κ3) is 2.91. The molecule has 2 aromatic heterocycles. The molecule has 1 aliphatic rings. The number of ether oxygens (including phenoxy) is 1. The van der Waals surface area contributed by atoms with Gasteiger partial charge in [0.25, 0.3) is 0 Å². The highest BCUT2D eigenvalue weighted by atomic mass is 32.1. The van der Waals surface area contributed by atoms with Crippen LogP contribution in [-0.2, 0) is 4.74 Å². The molecule has 0 bridgehead atoms. The Morgan fingerprint density at radius 3 is 2.95 bits per heavy atom. The molecule has 0 spiro atoms. The number of aromatic nitrogens is 2. The first kappa shape index (κ1) is 12.5. The number of anilines is 1. The monoisotopic (exact) mass is 296 g/mol. The first-order valence-corrected chi connectivity index (χ1v) is 7.58. The minimum Gasteiger partial charge on any atom is -0.378 e. The quantitative estimate of drug-likeness (QED) is 0.922. The average Bonchev–Trinajstić information content (AvgIpc) is 3.10. The van der Waals surface area contributed by atoms with E-state index < -0.39 is 0 Å². The van der Waals surface area contributed by atoms with Crippen molar-refractivity contribution in [2.24, 2.45) is 0 Å². The Bertz CT molecular complexity index is 549. The van der Waals surface area contributed by atoms with Crippen molar-refractivity contribution in [2.75, 3.05) is 31.6 Å². The number of amides is 2. The van der Waals surface area contributed by atoms with Gasteiger partial charge in [-0.3, -0.25) is 5.32 Å². The van der Waals surface area contributed by atoms with Crippen LogP contribution < -0.4 is 5.32 Å². The van der Waals surface area contributed by atoms with E-state index in [4.69, 9.17) is 4.74 Å². The summed E-state index contributed by atoms with van der Waals surface area (Å²) in [6.07, 6.45) is 0. The van der Waals surface area contributed by atoms with Crippen LogP contribution >= 0.6 is 22.7 Å². The Labute approximate surface area is 118 Å². The van der Waals surface area contributed by atoms with Gasteiger partial charge in [0.2, 0.25) is 5.13 Å². The van der Waals surface area contributed by atoms with Gasteiger partial charge in [-0.15, -0.1) is 10.2 Å². The van der Waals surface area contributed by atoms with Crippen molar-refractivity contribution < 1.29 is 9.53 Å². The van der Waals surface area contributed by atoms with Crippen LogP contribution in [0.3, 0.4) is 0 Å². The van der Waals surface area contributed by atoms with E-state index in [0.717, 1.165) is 10.6 Å².